The van der Waals surface area contributed by atoms with E-state index in [4.69, 9.17) is 14.0 Å². The van der Waals surface area contributed by atoms with Gasteiger partial charge in [0.1, 0.15) is 23.9 Å². The lowest BCUT2D eigenvalue weighted by Crippen LogP contribution is -2.57. The molecule has 0 spiro atoms. The number of halogens is 1. The lowest BCUT2D eigenvalue weighted by atomic mass is 9.99. The van der Waals surface area contributed by atoms with Crippen molar-refractivity contribution in [3.05, 3.63) is 72.2 Å². The largest absolute Gasteiger partial charge is 0.436 e. The number of aromatic nitrogens is 1. The van der Waals surface area contributed by atoms with Gasteiger partial charge in [-0.25, -0.2) is 9.38 Å². The molecule has 11 heteroatoms. The van der Waals surface area contributed by atoms with Crippen molar-refractivity contribution in [2.24, 2.45) is 10.9 Å². The maximum absolute atomic E-state index is 13.5. The molecule has 1 atom stereocenters. The number of benzene rings is 2. The van der Waals surface area contributed by atoms with Crippen LogP contribution < -0.4 is 15.4 Å². The molecule has 2 amide bonds. The fourth-order valence-corrected chi connectivity index (χ4v) is 4.13. The van der Waals surface area contributed by atoms with Crippen molar-refractivity contribution in [1.29, 1.82) is 0 Å². The predicted molar refractivity (Wildman–Crippen MR) is 131 cm³/mol. The standard InChI is InChI=1S/C26H26FN5O5/c27-19-3-1-17(2-4-19)16-32-25(34)22(30-24(33)18-9-12-35-13-10-18)15-28-26(32)29-20-5-7-21(8-6-20)37-23-11-14-36-31-23/h1-8,11,14,18,22H,9-10,12-13,15-16H2,(H,28,29)(H,30,33). The third kappa shape index (κ3) is 6.12. The molecular weight excluding hydrogens is 481 g/mol. The predicted octanol–water partition coefficient (Wildman–Crippen LogP) is 3.33. The topological polar surface area (TPSA) is 118 Å². The van der Waals surface area contributed by atoms with Crippen LogP contribution in [0.4, 0.5) is 10.1 Å². The first-order valence-corrected chi connectivity index (χ1v) is 12.0. The van der Waals surface area contributed by atoms with E-state index in [1.54, 1.807) is 42.5 Å². The minimum atomic E-state index is -0.792. The molecule has 2 N–H and O–H groups in total. The number of hydrogen-bond acceptors (Lipinski definition) is 8. The molecule has 37 heavy (non-hydrogen) atoms. The van der Waals surface area contributed by atoms with Gasteiger partial charge >= 0.3 is 0 Å². The number of aliphatic imine (C=N–C) groups is 1. The molecule has 192 valence electrons. The maximum Gasteiger partial charge on any atom is 0.259 e. The Balaban J connectivity index is 1.31. The summed E-state index contributed by atoms with van der Waals surface area (Å²) in [7, 11) is 0. The van der Waals surface area contributed by atoms with Gasteiger partial charge in [0.05, 0.1) is 13.1 Å². The SMILES string of the molecule is O=C(NC1CN=C(Nc2ccc(Oc3ccon3)cc2)N(Cc2ccc(F)cc2)C1=O)C1CCOCC1. The van der Waals surface area contributed by atoms with Crippen LogP contribution in [0.3, 0.4) is 0 Å². The van der Waals surface area contributed by atoms with Crippen LogP contribution in [0.25, 0.3) is 0 Å². The number of anilines is 1. The lowest BCUT2D eigenvalue weighted by molar-refractivity contribution is -0.136. The lowest BCUT2D eigenvalue weighted by Gasteiger charge is -2.33. The van der Waals surface area contributed by atoms with Gasteiger partial charge in [0.2, 0.25) is 11.9 Å². The highest BCUT2D eigenvalue weighted by Crippen LogP contribution is 2.23. The molecule has 1 saturated heterocycles. The summed E-state index contributed by atoms with van der Waals surface area (Å²) in [5.41, 5.74) is 1.39. The Labute approximate surface area is 212 Å². The molecule has 3 heterocycles. The molecule has 5 rings (SSSR count). The third-order valence-corrected chi connectivity index (χ3v) is 6.15. The quantitative estimate of drug-likeness (QED) is 0.504. The van der Waals surface area contributed by atoms with Crippen molar-refractivity contribution < 1.29 is 28.0 Å². The first-order chi connectivity index (χ1) is 18.0. The summed E-state index contributed by atoms with van der Waals surface area (Å²) < 4.78 is 29.1. The molecule has 1 fully saturated rings. The van der Waals surface area contributed by atoms with Gasteiger partial charge in [-0.15, -0.1) is 0 Å². The molecule has 2 aromatic carbocycles. The smallest absolute Gasteiger partial charge is 0.259 e. The van der Waals surface area contributed by atoms with E-state index in [0.29, 0.717) is 49.3 Å². The summed E-state index contributed by atoms with van der Waals surface area (Å²) in [4.78, 5) is 32.3. The van der Waals surface area contributed by atoms with Gasteiger partial charge in [0.25, 0.3) is 11.8 Å². The fraction of sp³-hybridized carbons (Fsp3) is 0.308. The Morgan fingerprint density at radius 2 is 1.84 bits per heavy atom. The number of carbonyl (C=O) groups is 2. The van der Waals surface area contributed by atoms with E-state index in [-0.39, 0.29) is 36.6 Å². The number of nitrogens with zero attached hydrogens (tertiary/aromatic N) is 3. The van der Waals surface area contributed by atoms with E-state index in [1.807, 2.05) is 0 Å². The van der Waals surface area contributed by atoms with E-state index in [9.17, 15) is 14.0 Å². The van der Waals surface area contributed by atoms with Gasteiger partial charge < -0.3 is 24.6 Å². The highest BCUT2D eigenvalue weighted by Gasteiger charge is 2.35. The Morgan fingerprint density at radius 1 is 1.08 bits per heavy atom. The number of amides is 2. The Kier molecular flexibility index (Phi) is 7.41. The third-order valence-electron chi connectivity index (χ3n) is 6.15. The summed E-state index contributed by atoms with van der Waals surface area (Å²) >= 11 is 0. The first kappa shape index (κ1) is 24.4. The molecule has 1 unspecified atom stereocenters. The highest BCUT2D eigenvalue weighted by atomic mass is 19.1. The monoisotopic (exact) mass is 507 g/mol. The summed E-state index contributed by atoms with van der Waals surface area (Å²) in [6, 6.07) is 13.7. The number of guanidine groups is 1. The Bertz CT molecular complexity index is 1240. The number of hydrogen-bond donors (Lipinski definition) is 2. The van der Waals surface area contributed by atoms with Gasteiger partial charge in [-0.2, -0.15) is 0 Å². The summed E-state index contributed by atoms with van der Waals surface area (Å²) in [5.74, 6) is 0.202. The number of rotatable bonds is 7. The summed E-state index contributed by atoms with van der Waals surface area (Å²) in [5, 5.41) is 9.76. The van der Waals surface area contributed by atoms with Gasteiger partial charge in [0.15, 0.2) is 0 Å². The van der Waals surface area contributed by atoms with Gasteiger partial charge in [0, 0.05) is 30.9 Å². The molecule has 3 aromatic rings. The van der Waals surface area contributed by atoms with E-state index >= 15 is 0 Å². The maximum atomic E-state index is 13.5. The van der Waals surface area contributed by atoms with Crippen LogP contribution in [-0.2, 0) is 20.9 Å². The second-order valence-corrected chi connectivity index (χ2v) is 8.75. The fourth-order valence-electron chi connectivity index (χ4n) is 4.13. The van der Waals surface area contributed by atoms with Crippen LogP contribution in [0.15, 0.2) is 70.4 Å². The summed E-state index contributed by atoms with van der Waals surface area (Å²) in [6.07, 6.45) is 2.66. The van der Waals surface area contributed by atoms with Crippen molar-refractivity contribution in [3.8, 4) is 11.6 Å². The van der Waals surface area contributed by atoms with Crippen LogP contribution >= 0.6 is 0 Å². The van der Waals surface area contributed by atoms with E-state index in [2.05, 4.69) is 20.8 Å². The van der Waals surface area contributed by atoms with Crippen LogP contribution in [-0.4, -0.2) is 53.6 Å². The molecule has 10 nitrogen and oxygen atoms in total. The molecule has 2 aliphatic rings. The van der Waals surface area contributed by atoms with Gasteiger partial charge in [-0.05, 0) is 60.0 Å². The molecule has 0 aliphatic carbocycles. The second-order valence-electron chi connectivity index (χ2n) is 8.75. The number of ether oxygens (including phenoxy) is 2. The van der Waals surface area contributed by atoms with E-state index in [1.165, 1.54) is 23.3 Å². The van der Waals surface area contributed by atoms with Crippen molar-refractivity contribution in [1.82, 2.24) is 15.4 Å². The van der Waals surface area contributed by atoms with Gasteiger partial charge in [-0.1, -0.05) is 12.1 Å². The Morgan fingerprint density at radius 3 is 2.54 bits per heavy atom. The average molecular weight is 508 g/mol. The van der Waals surface area contributed by atoms with Crippen LogP contribution in [0.2, 0.25) is 0 Å². The average Bonchev–Trinajstić information content (AvgIpc) is 3.43. The number of carbonyl (C=O) groups excluding carboxylic acids is 2. The zero-order chi connectivity index (χ0) is 25.6. The molecule has 0 saturated carbocycles. The van der Waals surface area contributed by atoms with Crippen molar-refractivity contribution in [2.45, 2.75) is 25.4 Å². The minimum Gasteiger partial charge on any atom is -0.436 e. The van der Waals surface area contributed by atoms with Crippen molar-refractivity contribution >= 4 is 23.5 Å². The Hall–Kier alpha value is -4.25. The van der Waals surface area contributed by atoms with Crippen LogP contribution in [0, 0.1) is 11.7 Å². The minimum absolute atomic E-state index is 0.101. The molecular formula is C26H26FN5O5. The zero-order valence-electron chi connectivity index (χ0n) is 19.9. The molecule has 0 bridgehead atoms. The summed E-state index contributed by atoms with van der Waals surface area (Å²) in [6.45, 7) is 1.31. The molecule has 1 aromatic heterocycles. The first-order valence-electron chi connectivity index (χ1n) is 12.0. The van der Waals surface area contributed by atoms with Crippen LogP contribution in [0.1, 0.15) is 18.4 Å². The van der Waals surface area contributed by atoms with E-state index in [0.717, 1.165) is 5.56 Å². The normalized spacial score (nSPS) is 18.3. The number of nitrogens with one attached hydrogen (secondary N) is 2. The second kappa shape index (κ2) is 11.2. The van der Waals surface area contributed by atoms with Crippen molar-refractivity contribution in [3.63, 3.8) is 0 Å². The van der Waals surface area contributed by atoms with Crippen LogP contribution in [0.5, 0.6) is 11.6 Å². The van der Waals surface area contributed by atoms with Crippen molar-refractivity contribution in [2.75, 3.05) is 25.1 Å². The molecule has 0 radical (unpaired) electrons. The molecule has 2 aliphatic heterocycles. The van der Waals surface area contributed by atoms with Gasteiger partial charge in [-0.3, -0.25) is 14.5 Å². The highest BCUT2D eigenvalue weighted by molar-refractivity contribution is 6.08. The van der Waals surface area contributed by atoms with E-state index < -0.39 is 6.04 Å². The zero-order valence-corrected chi connectivity index (χ0v) is 19.9.